The summed E-state index contributed by atoms with van der Waals surface area (Å²) >= 11 is 0. The Hall–Kier alpha value is -0.800. The second-order valence-corrected chi connectivity index (χ2v) is 3.39. The molecule has 1 aliphatic heterocycles. The Morgan fingerprint density at radius 2 is 2.50 bits per heavy atom. The molecule has 0 aliphatic carbocycles. The lowest BCUT2D eigenvalue weighted by atomic mass is 10.1. The van der Waals surface area contributed by atoms with Gasteiger partial charge >= 0.3 is 0 Å². The van der Waals surface area contributed by atoms with Crippen LogP contribution in [0.25, 0.3) is 0 Å². The van der Waals surface area contributed by atoms with Crippen LogP contribution < -0.4 is 5.73 Å². The predicted octanol–water partition coefficient (Wildman–Crippen LogP) is 0.983. The van der Waals surface area contributed by atoms with Gasteiger partial charge in [0.1, 0.15) is 5.76 Å². The SMILES string of the molecule is CN1CCC(N)C1c1ccco1. The molecular formula is C9H14N2O. The zero-order valence-electron chi connectivity index (χ0n) is 7.23. The molecule has 2 rings (SSSR count). The normalized spacial score (nSPS) is 31.2. The average molecular weight is 166 g/mol. The van der Waals surface area contributed by atoms with E-state index in [0.717, 1.165) is 18.7 Å². The minimum Gasteiger partial charge on any atom is -0.468 e. The topological polar surface area (TPSA) is 42.4 Å². The Labute approximate surface area is 72.1 Å². The van der Waals surface area contributed by atoms with Crippen molar-refractivity contribution in [2.24, 2.45) is 5.73 Å². The Kier molecular flexibility index (Phi) is 1.90. The Balaban J connectivity index is 2.22. The van der Waals surface area contributed by atoms with Crippen LogP contribution in [0, 0.1) is 0 Å². The van der Waals surface area contributed by atoms with Crippen molar-refractivity contribution in [1.29, 1.82) is 0 Å². The molecule has 2 unspecified atom stereocenters. The molecule has 12 heavy (non-hydrogen) atoms. The number of nitrogens with two attached hydrogens (primary N) is 1. The van der Waals surface area contributed by atoms with E-state index < -0.39 is 0 Å². The third-order valence-corrected chi connectivity index (χ3v) is 2.53. The second-order valence-electron chi connectivity index (χ2n) is 3.39. The van der Waals surface area contributed by atoms with E-state index in [-0.39, 0.29) is 12.1 Å². The first kappa shape index (κ1) is 7.83. The molecule has 0 aromatic carbocycles. The molecule has 1 aromatic rings. The molecule has 1 aliphatic rings. The van der Waals surface area contributed by atoms with Gasteiger partial charge in [-0.15, -0.1) is 0 Å². The minimum atomic E-state index is 0.223. The smallest absolute Gasteiger partial charge is 0.122 e. The Morgan fingerprint density at radius 3 is 3.00 bits per heavy atom. The zero-order chi connectivity index (χ0) is 8.55. The van der Waals surface area contributed by atoms with E-state index in [1.54, 1.807) is 6.26 Å². The predicted molar refractivity (Wildman–Crippen MR) is 46.7 cm³/mol. The van der Waals surface area contributed by atoms with Gasteiger partial charge in [-0.1, -0.05) is 0 Å². The number of furan rings is 1. The number of likely N-dealkylation sites (N-methyl/N-ethyl adjacent to an activating group) is 1. The molecule has 2 heterocycles. The van der Waals surface area contributed by atoms with Crippen molar-refractivity contribution in [3.05, 3.63) is 24.2 Å². The van der Waals surface area contributed by atoms with E-state index in [1.165, 1.54) is 0 Å². The number of rotatable bonds is 1. The third kappa shape index (κ3) is 1.15. The van der Waals surface area contributed by atoms with Crippen LogP contribution in [-0.4, -0.2) is 24.5 Å². The highest BCUT2D eigenvalue weighted by atomic mass is 16.3. The first-order valence-electron chi connectivity index (χ1n) is 4.28. The summed E-state index contributed by atoms with van der Waals surface area (Å²) in [6.45, 7) is 1.06. The molecule has 2 atom stereocenters. The van der Waals surface area contributed by atoms with Gasteiger partial charge in [0.15, 0.2) is 0 Å². The number of hydrogen-bond acceptors (Lipinski definition) is 3. The van der Waals surface area contributed by atoms with Gasteiger partial charge in [0.05, 0.1) is 12.3 Å². The Bertz CT molecular complexity index is 235. The average Bonchev–Trinajstić information content (AvgIpc) is 2.61. The van der Waals surface area contributed by atoms with E-state index in [4.69, 9.17) is 10.2 Å². The first-order valence-corrected chi connectivity index (χ1v) is 4.28. The minimum absolute atomic E-state index is 0.223. The summed E-state index contributed by atoms with van der Waals surface area (Å²) in [7, 11) is 2.08. The highest BCUT2D eigenvalue weighted by Gasteiger charge is 2.31. The molecule has 3 nitrogen and oxygen atoms in total. The molecule has 1 saturated heterocycles. The van der Waals surface area contributed by atoms with Crippen LogP contribution in [0.1, 0.15) is 18.2 Å². The van der Waals surface area contributed by atoms with Crippen molar-refractivity contribution in [3.8, 4) is 0 Å². The number of hydrogen-bond donors (Lipinski definition) is 1. The standard InChI is InChI=1S/C9H14N2O/c1-11-5-4-7(10)9(11)8-3-2-6-12-8/h2-3,6-7,9H,4-5,10H2,1H3. The van der Waals surface area contributed by atoms with E-state index >= 15 is 0 Å². The molecule has 0 spiro atoms. The van der Waals surface area contributed by atoms with Gasteiger partial charge in [-0.2, -0.15) is 0 Å². The molecule has 66 valence electrons. The van der Waals surface area contributed by atoms with Gasteiger partial charge in [0.25, 0.3) is 0 Å². The van der Waals surface area contributed by atoms with Crippen LogP contribution in [0.5, 0.6) is 0 Å². The first-order chi connectivity index (χ1) is 5.79. The molecule has 0 amide bonds. The van der Waals surface area contributed by atoms with Crippen molar-refractivity contribution < 1.29 is 4.42 Å². The molecule has 1 fully saturated rings. The second kappa shape index (κ2) is 2.92. The highest BCUT2D eigenvalue weighted by molar-refractivity contribution is 5.09. The number of nitrogens with zero attached hydrogens (tertiary/aromatic N) is 1. The fourth-order valence-electron chi connectivity index (χ4n) is 1.86. The van der Waals surface area contributed by atoms with Crippen molar-refractivity contribution in [3.63, 3.8) is 0 Å². The lowest BCUT2D eigenvalue weighted by Gasteiger charge is -2.19. The van der Waals surface area contributed by atoms with Crippen molar-refractivity contribution in [2.75, 3.05) is 13.6 Å². The molecule has 0 radical (unpaired) electrons. The van der Waals surface area contributed by atoms with Crippen LogP contribution in [0.4, 0.5) is 0 Å². The maximum Gasteiger partial charge on any atom is 0.122 e. The van der Waals surface area contributed by atoms with Crippen LogP contribution in [0.15, 0.2) is 22.8 Å². The van der Waals surface area contributed by atoms with Gasteiger partial charge in [0, 0.05) is 12.6 Å². The van der Waals surface area contributed by atoms with E-state index in [9.17, 15) is 0 Å². The van der Waals surface area contributed by atoms with Gasteiger partial charge in [0.2, 0.25) is 0 Å². The molecular weight excluding hydrogens is 152 g/mol. The fourth-order valence-corrected chi connectivity index (χ4v) is 1.86. The molecule has 0 bridgehead atoms. The summed E-state index contributed by atoms with van der Waals surface area (Å²) in [5.74, 6) is 0.988. The van der Waals surface area contributed by atoms with Crippen LogP contribution in [0.3, 0.4) is 0 Å². The van der Waals surface area contributed by atoms with Crippen LogP contribution >= 0.6 is 0 Å². The summed E-state index contributed by atoms with van der Waals surface area (Å²) in [6, 6.07) is 4.40. The van der Waals surface area contributed by atoms with Gasteiger partial charge < -0.3 is 10.2 Å². The molecule has 2 N–H and O–H groups in total. The molecule has 0 saturated carbocycles. The van der Waals surface area contributed by atoms with Gasteiger partial charge in [-0.25, -0.2) is 0 Å². The van der Waals surface area contributed by atoms with E-state index in [1.807, 2.05) is 12.1 Å². The summed E-state index contributed by atoms with van der Waals surface area (Å²) in [5, 5.41) is 0. The largest absolute Gasteiger partial charge is 0.468 e. The van der Waals surface area contributed by atoms with Gasteiger partial charge in [-0.05, 0) is 25.6 Å². The maximum atomic E-state index is 5.96. The van der Waals surface area contributed by atoms with Crippen molar-refractivity contribution in [2.45, 2.75) is 18.5 Å². The molecule has 1 aromatic heterocycles. The third-order valence-electron chi connectivity index (χ3n) is 2.53. The molecule has 3 heteroatoms. The summed E-state index contributed by atoms with van der Waals surface area (Å²) in [5.41, 5.74) is 5.96. The monoisotopic (exact) mass is 166 g/mol. The van der Waals surface area contributed by atoms with Crippen molar-refractivity contribution in [1.82, 2.24) is 4.90 Å². The number of likely N-dealkylation sites (tertiary alicyclic amines) is 1. The fraction of sp³-hybridized carbons (Fsp3) is 0.556. The van der Waals surface area contributed by atoms with Crippen LogP contribution in [-0.2, 0) is 0 Å². The van der Waals surface area contributed by atoms with E-state index in [2.05, 4.69) is 11.9 Å². The maximum absolute atomic E-state index is 5.96. The Morgan fingerprint density at radius 1 is 1.67 bits per heavy atom. The van der Waals surface area contributed by atoms with E-state index in [0.29, 0.717) is 0 Å². The summed E-state index contributed by atoms with van der Waals surface area (Å²) in [6.07, 6.45) is 2.76. The van der Waals surface area contributed by atoms with Crippen LogP contribution in [0.2, 0.25) is 0 Å². The lowest BCUT2D eigenvalue weighted by Crippen LogP contribution is -2.29. The lowest BCUT2D eigenvalue weighted by molar-refractivity contribution is 0.263. The highest BCUT2D eigenvalue weighted by Crippen LogP contribution is 2.29. The van der Waals surface area contributed by atoms with Gasteiger partial charge in [-0.3, -0.25) is 4.90 Å². The zero-order valence-corrected chi connectivity index (χ0v) is 7.23. The summed E-state index contributed by atoms with van der Waals surface area (Å²) < 4.78 is 5.34. The summed E-state index contributed by atoms with van der Waals surface area (Å²) in [4.78, 5) is 2.24. The quantitative estimate of drug-likeness (QED) is 0.676. The van der Waals surface area contributed by atoms with Crippen molar-refractivity contribution >= 4 is 0 Å².